The number of hydrogen-bond donors (Lipinski definition) is 0. The summed E-state index contributed by atoms with van der Waals surface area (Å²) < 4.78 is 6.72. The molecule has 2 aromatic heterocycles. The number of pyridine rings is 1. The summed E-state index contributed by atoms with van der Waals surface area (Å²) in [5.74, 6) is 0.313. The van der Waals surface area contributed by atoms with E-state index in [0.29, 0.717) is 35.9 Å². The molecule has 7 nitrogen and oxygen atoms in total. The Labute approximate surface area is 151 Å². The van der Waals surface area contributed by atoms with Crippen LogP contribution in [0.25, 0.3) is 5.82 Å². The third kappa shape index (κ3) is 3.77. The highest BCUT2D eigenvalue weighted by Gasteiger charge is 2.19. The van der Waals surface area contributed by atoms with E-state index in [-0.39, 0.29) is 5.91 Å². The summed E-state index contributed by atoms with van der Waals surface area (Å²) in [4.78, 5) is 19.0. The number of ether oxygens (including phenoxy) is 1. The molecule has 130 valence electrons. The molecule has 3 aromatic rings. The third-order valence-electron chi connectivity index (χ3n) is 3.76. The minimum Gasteiger partial charge on any atom is -0.383 e. The van der Waals surface area contributed by atoms with E-state index in [2.05, 4.69) is 16.2 Å². The van der Waals surface area contributed by atoms with E-state index in [1.807, 2.05) is 0 Å². The highest BCUT2D eigenvalue weighted by Crippen LogP contribution is 2.18. The summed E-state index contributed by atoms with van der Waals surface area (Å²) in [6, 6.07) is 15.9. The Morgan fingerprint density at radius 1 is 1.23 bits per heavy atom. The number of rotatable bonds is 6. The predicted octanol–water partition coefficient (Wildman–Crippen LogP) is 2.43. The van der Waals surface area contributed by atoms with Gasteiger partial charge in [0.1, 0.15) is 5.69 Å². The van der Waals surface area contributed by atoms with Crippen molar-refractivity contribution in [3.8, 4) is 11.9 Å². The van der Waals surface area contributed by atoms with Gasteiger partial charge in [0.25, 0.3) is 5.91 Å². The van der Waals surface area contributed by atoms with Crippen LogP contribution in [0.5, 0.6) is 0 Å². The van der Waals surface area contributed by atoms with Crippen molar-refractivity contribution < 1.29 is 9.53 Å². The fourth-order valence-electron chi connectivity index (χ4n) is 2.46. The van der Waals surface area contributed by atoms with Crippen LogP contribution in [0, 0.1) is 11.3 Å². The monoisotopic (exact) mass is 347 g/mol. The molecule has 0 saturated heterocycles. The summed E-state index contributed by atoms with van der Waals surface area (Å²) in [6.07, 6.45) is 3.41. The van der Waals surface area contributed by atoms with E-state index in [1.54, 1.807) is 77.6 Å². The Kier molecular flexibility index (Phi) is 5.37. The number of hydrogen-bond acceptors (Lipinski definition) is 5. The van der Waals surface area contributed by atoms with Gasteiger partial charge in [-0.15, -0.1) is 0 Å². The van der Waals surface area contributed by atoms with Gasteiger partial charge in [-0.05, 0) is 42.5 Å². The zero-order valence-corrected chi connectivity index (χ0v) is 14.2. The van der Waals surface area contributed by atoms with Crippen LogP contribution in [0.1, 0.15) is 16.1 Å². The SMILES string of the molecule is COCCN(C(=O)c1cccc(-n2cccn2)n1)c1ccc(C#N)cc1. The molecule has 0 bridgehead atoms. The number of amides is 1. The second-order valence-electron chi connectivity index (χ2n) is 5.44. The number of aromatic nitrogens is 3. The second kappa shape index (κ2) is 8.05. The molecule has 3 rings (SSSR count). The molecular weight excluding hydrogens is 330 g/mol. The summed E-state index contributed by atoms with van der Waals surface area (Å²) in [7, 11) is 1.58. The van der Waals surface area contributed by atoms with E-state index in [9.17, 15) is 4.79 Å². The molecule has 0 aliphatic heterocycles. The quantitative estimate of drug-likeness (QED) is 0.684. The molecule has 0 unspecified atom stereocenters. The number of nitriles is 1. The molecule has 0 aliphatic carbocycles. The molecule has 0 spiro atoms. The molecule has 1 aromatic carbocycles. The van der Waals surface area contributed by atoms with E-state index in [4.69, 9.17) is 10.00 Å². The summed E-state index contributed by atoms with van der Waals surface area (Å²) >= 11 is 0. The zero-order valence-electron chi connectivity index (χ0n) is 14.2. The average molecular weight is 347 g/mol. The molecule has 26 heavy (non-hydrogen) atoms. The van der Waals surface area contributed by atoms with Gasteiger partial charge in [-0.3, -0.25) is 4.79 Å². The molecule has 2 heterocycles. The number of nitrogens with zero attached hydrogens (tertiary/aromatic N) is 5. The van der Waals surface area contributed by atoms with Gasteiger partial charge in [0.2, 0.25) is 0 Å². The van der Waals surface area contributed by atoms with Gasteiger partial charge in [-0.1, -0.05) is 6.07 Å². The first-order valence-electron chi connectivity index (χ1n) is 8.01. The van der Waals surface area contributed by atoms with Gasteiger partial charge < -0.3 is 9.64 Å². The third-order valence-corrected chi connectivity index (χ3v) is 3.76. The normalized spacial score (nSPS) is 10.3. The lowest BCUT2D eigenvalue weighted by molar-refractivity contribution is 0.0971. The van der Waals surface area contributed by atoms with Crippen molar-refractivity contribution >= 4 is 11.6 Å². The highest BCUT2D eigenvalue weighted by molar-refractivity contribution is 6.04. The van der Waals surface area contributed by atoms with E-state index < -0.39 is 0 Å². The molecule has 1 amide bonds. The summed E-state index contributed by atoms with van der Waals surface area (Å²) in [5, 5.41) is 13.1. The summed E-state index contributed by atoms with van der Waals surface area (Å²) in [6.45, 7) is 0.750. The van der Waals surface area contributed by atoms with Crippen LogP contribution in [0.2, 0.25) is 0 Å². The van der Waals surface area contributed by atoms with Gasteiger partial charge in [-0.2, -0.15) is 10.4 Å². The minimum atomic E-state index is -0.249. The van der Waals surface area contributed by atoms with Gasteiger partial charge in [0, 0.05) is 31.7 Å². The Bertz CT molecular complexity index is 914. The zero-order chi connectivity index (χ0) is 18.4. The Balaban J connectivity index is 1.92. The van der Waals surface area contributed by atoms with Crippen LogP contribution >= 0.6 is 0 Å². The fraction of sp³-hybridized carbons (Fsp3) is 0.158. The van der Waals surface area contributed by atoms with Crippen molar-refractivity contribution in [1.29, 1.82) is 5.26 Å². The predicted molar refractivity (Wildman–Crippen MR) is 96.1 cm³/mol. The van der Waals surface area contributed by atoms with Crippen molar-refractivity contribution in [3.63, 3.8) is 0 Å². The molecule has 0 aliphatic rings. The molecule has 0 saturated carbocycles. The Morgan fingerprint density at radius 3 is 2.69 bits per heavy atom. The summed E-state index contributed by atoms with van der Waals surface area (Å²) in [5.41, 5.74) is 1.52. The van der Waals surface area contributed by atoms with Crippen LogP contribution in [0.3, 0.4) is 0 Å². The number of benzene rings is 1. The fourth-order valence-corrected chi connectivity index (χ4v) is 2.46. The van der Waals surface area contributed by atoms with E-state index in [0.717, 1.165) is 0 Å². The highest BCUT2D eigenvalue weighted by atomic mass is 16.5. The average Bonchev–Trinajstić information content (AvgIpc) is 3.23. The smallest absolute Gasteiger partial charge is 0.277 e. The van der Waals surface area contributed by atoms with Crippen molar-refractivity contribution in [2.45, 2.75) is 0 Å². The van der Waals surface area contributed by atoms with Crippen LogP contribution in [0.4, 0.5) is 5.69 Å². The maximum Gasteiger partial charge on any atom is 0.277 e. The van der Waals surface area contributed by atoms with E-state index >= 15 is 0 Å². The first-order valence-corrected chi connectivity index (χ1v) is 8.01. The minimum absolute atomic E-state index is 0.249. The second-order valence-corrected chi connectivity index (χ2v) is 5.44. The van der Waals surface area contributed by atoms with Crippen molar-refractivity contribution in [3.05, 3.63) is 72.2 Å². The van der Waals surface area contributed by atoms with Crippen LogP contribution in [-0.2, 0) is 4.74 Å². The first kappa shape index (κ1) is 17.3. The van der Waals surface area contributed by atoms with Gasteiger partial charge in [0.15, 0.2) is 5.82 Å². The van der Waals surface area contributed by atoms with Crippen LogP contribution in [-0.4, -0.2) is 40.9 Å². The van der Waals surface area contributed by atoms with Crippen molar-refractivity contribution in [1.82, 2.24) is 14.8 Å². The molecule has 0 fully saturated rings. The lowest BCUT2D eigenvalue weighted by atomic mass is 10.2. The van der Waals surface area contributed by atoms with Gasteiger partial charge >= 0.3 is 0 Å². The van der Waals surface area contributed by atoms with Crippen LogP contribution in [0.15, 0.2) is 60.9 Å². The standard InChI is InChI=1S/C19H17N5O2/c1-26-13-12-23(16-8-6-15(14-20)7-9-16)19(25)17-4-2-5-18(22-17)24-11-3-10-21-24/h2-11H,12-13H2,1H3. The van der Waals surface area contributed by atoms with Crippen LogP contribution < -0.4 is 4.90 Å². The number of anilines is 1. The molecular formula is C19H17N5O2. The molecule has 7 heteroatoms. The van der Waals surface area contributed by atoms with Gasteiger partial charge in [0.05, 0.1) is 18.2 Å². The topological polar surface area (TPSA) is 84.0 Å². The molecule has 0 atom stereocenters. The number of carbonyl (C=O) groups excluding carboxylic acids is 1. The first-order chi connectivity index (χ1) is 12.7. The molecule has 0 N–H and O–H groups in total. The number of carbonyl (C=O) groups is 1. The lowest BCUT2D eigenvalue weighted by Gasteiger charge is -2.22. The van der Waals surface area contributed by atoms with Crippen molar-refractivity contribution in [2.24, 2.45) is 0 Å². The maximum absolute atomic E-state index is 13.0. The Morgan fingerprint density at radius 2 is 2.04 bits per heavy atom. The Hall–Kier alpha value is -3.50. The molecule has 0 radical (unpaired) electrons. The van der Waals surface area contributed by atoms with E-state index in [1.165, 1.54) is 0 Å². The van der Waals surface area contributed by atoms with Gasteiger partial charge in [-0.25, -0.2) is 9.67 Å². The largest absolute Gasteiger partial charge is 0.383 e. The lowest BCUT2D eigenvalue weighted by Crippen LogP contribution is -2.34. The van der Waals surface area contributed by atoms with Crippen molar-refractivity contribution in [2.75, 3.05) is 25.2 Å². The maximum atomic E-state index is 13.0. The number of methoxy groups -OCH3 is 1.